The van der Waals surface area contributed by atoms with Crippen LogP contribution in [0, 0.1) is 25.7 Å². The quantitative estimate of drug-likeness (QED) is 0.306. The average molecular weight is 540 g/mol. The maximum absolute atomic E-state index is 13.4. The lowest BCUT2D eigenvalue weighted by atomic mass is 9.73. The van der Waals surface area contributed by atoms with Gasteiger partial charge in [0.05, 0.1) is 11.7 Å². The van der Waals surface area contributed by atoms with E-state index < -0.39 is 23.8 Å². The highest BCUT2D eigenvalue weighted by Crippen LogP contribution is 2.45. The predicted molar refractivity (Wildman–Crippen MR) is 148 cm³/mol. The molecule has 5 unspecified atom stereocenters. The molecule has 0 bridgehead atoms. The Morgan fingerprint density at radius 3 is 2.51 bits per heavy atom. The van der Waals surface area contributed by atoms with Crippen molar-refractivity contribution in [3.8, 4) is 11.5 Å². The summed E-state index contributed by atoms with van der Waals surface area (Å²) in [4.78, 5) is 26.2. The van der Waals surface area contributed by atoms with Crippen molar-refractivity contribution in [3.63, 3.8) is 0 Å². The number of nitrogens with two attached hydrogens (primary N) is 1. The van der Waals surface area contributed by atoms with Crippen molar-refractivity contribution in [3.05, 3.63) is 59.2 Å². The van der Waals surface area contributed by atoms with Gasteiger partial charge in [0.1, 0.15) is 11.5 Å². The molecule has 5 atom stereocenters. The van der Waals surface area contributed by atoms with Gasteiger partial charge in [0.2, 0.25) is 5.91 Å². The van der Waals surface area contributed by atoms with Gasteiger partial charge in [-0.2, -0.15) is 0 Å². The molecule has 212 valence electrons. The number of ether oxygens (including phenoxy) is 1. The Labute approximate surface area is 230 Å². The minimum atomic E-state index is -1.36. The van der Waals surface area contributed by atoms with Crippen LogP contribution < -0.4 is 15.8 Å². The summed E-state index contributed by atoms with van der Waals surface area (Å²) in [5.41, 5.74) is 7.19. The molecule has 2 aromatic carbocycles. The van der Waals surface area contributed by atoms with Gasteiger partial charge in [-0.05, 0) is 69.6 Å². The van der Waals surface area contributed by atoms with Crippen LogP contribution >= 0.6 is 0 Å². The van der Waals surface area contributed by atoms with Gasteiger partial charge in [0.25, 0.3) is 0 Å². The van der Waals surface area contributed by atoms with E-state index in [0.29, 0.717) is 56.5 Å². The van der Waals surface area contributed by atoms with Crippen LogP contribution in [-0.2, 0) is 10.4 Å². The second-order valence-corrected chi connectivity index (χ2v) is 11.1. The molecule has 1 heterocycles. The number of nitrogens with zero attached hydrogens (tertiary/aromatic N) is 1. The maximum Gasteiger partial charge on any atom is 0.404 e. The second kappa shape index (κ2) is 12.4. The van der Waals surface area contributed by atoms with Crippen molar-refractivity contribution >= 4 is 12.0 Å². The highest BCUT2D eigenvalue weighted by atomic mass is 16.5. The number of aryl methyl sites for hydroxylation is 2. The van der Waals surface area contributed by atoms with Crippen molar-refractivity contribution in [2.45, 2.75) is 70.1 Å². The predicted octanol–water partition coefficient (Wildman–Crippen LogP) is 3.67. The first-order valence-electron chi connectivity index (χ1n) is 13.8. The Kier molecular flexibility index (Phi) is 9.15. The Balaban J connectivity index is 1.63. The number of nitrogens with one attached hydrogen (secondary N) is 1. The van der Waals surface area contributed by atoms with Gasteiger partial charge in [-0.15, -0.1) is 0 Å². The van der Waals surface area contributed by atoms with Gasteiger partial charge in [-0.1, -0.05) is 36.4 Å². The minimum Gasteiger partial charge on any atom is -0.465 e. The van der Waals surface area contributed by atoms with Crippen molar-refractivity contribution in [1.29, 1.82) is 0 Å². The molecular formula is C30H41N3O6. The largest absolute Gasteiger partial charge is 0.465 e. The first-order chi connectivity index (χ1) is 18.6. The van der Waals surface area contributed by atoms with E-state index >= 15 is 0 Å². The Morgan fingerprint density at radius 1 is 1.13 bits per heavy atom. The number of aliphatic hydroxyl groups excluding tert-OH is 1. The summed E-state index contributed by atoms with van der Waals surface area (Å²) in [5, 5.41) is 34.0. The average Bonchev–Trinajstić information content (AvgIpc) is 3.26. The summed E-state index contributed by atoms with van der Waals surface area (Å²) in [7, 11) is 0. The standard InChI is InChI=1S/C30H41N3O6/c1-19-8-5-9-20(2)27(19)39-26-12-4-3-11-23(26)30(38,13-7-14-32-29(36)37)22-10-6-15-33(18-22)28(35)21-16-24(31)25(34)17-21/h3-5,8-9,11-12,21-22,24-25,32,34,38H,6-7,10,13-18,31H2,1-2H3,(H,36,37). The molecule has 0 aromatic heterocycles. The maximum atomic E-state index is 13.4. The number of piperidine rings is 1. The van der Waals surface area contributed by atoms with Gasteiger partial charge in [-0.3, -0.25) is 4.79 Å². The lowest BCUT2D eigenvalue weighted by Crippen LogP contribution is -2.49. The number of amides is 2. The van der Waals surface area contributed by atoms with Crippen molar-refractivity contribution in [2.75, 3.05) is 19.6 Å². The molecule has 2 fully saturated rings. The van der Waals surface area contributed by atoms with Crippen LogP contribution in [0.15, 0.2) is 42.5 Å². The van der Waals surface area contributed by atoms with Crippen LogP contribution in [0.1, 0.15) is 55.2 Å². The number of rotatable bonds is 9. The van der Waals surface area contributed by atoms with Crippen LogP contribution in [0.5, 0.6) is 11.5 Å². The Hall–Kier alpha value is -3.14. The zero-order valence-corrected chi connectivity index (χ0v) is 22.8. The molecule has 4 rings (SSSR count). The molecule has 39 heavy (non-hydrogen) atoms. The van der Waals surface area contributed by atoms with Crippen LogP contribution in [0.4, 0.5) is 4.79 Å². The van der Waals surface area contributed by atoms with Gasteiger partial charge in [0, 0.05) is 43.1 Å². The molecule has 9 heteroatoms. The number of hydrogen-bond donors (Lipinski definition) is 5. The van der Waals surface area contributed by atoms with Crippen LogP contribution in [0.25, 0.3) is 0 Å². The number of hydrogen-bond acceptors (Lipinski definition) is 6. The topological polar surface area (TPSA) is 145 Å². The lowest BCUT2D eigenvalue weighted by molar-refractivity contribution is -0.141. The number of benzene rings is 2. The molecule has 0 radical (unpaired) electrons. The smallest absolute Gasteiger partial charge is 0.404 e. The molecule has 2 amide bonds. The summed E-state index contributed by atoms with van der Waals surface area (Å²) >= 11 is 0. The SMILES string of the molecule is Cc1cccc(C)c1Oc1ccccc1C(O)(CCCNC(=O)O)C1CCCN(C(=O)C2CC(N)C(O)C2)C1. The van der Waals surface area contributed by atoms with E-state index in [1.807, 2.05) is 56.3 Å². The fourth-order valence-electron chi connectivity index (χ4n) is 6.17. The summed E-state index contributed by atoms with van der Waals surface area (Å²) in [6.45, 7) is 5.11. The molecule has 0 spiro atoms. The Bertz CT molecular complexity index is 1140. The normalized spacial score (nSPS) is 24.7. The number of carbonyl (C=O) groups is 2. The number of likely N-dealkylation sites (tertiary alicyclic amines) is 1. The summed E-state index contributed by atoms with van der Waals surface area (Å²) in [5.74, 6) is 0.638. The second-order valence-electron chi connectivity index (χ2n) is 11.1. The van der Waals surface area contributed by atoms with Gasteiger partial charge < -0.3 is 36.0 Å². The van der Waals surface area contributed by atoms with E-state index in [1.54, 1.807) is 4.90 Å². The third-order valence-corrected chi connectivity index (χ3v) is 8.32. The molecule has 9 nitrogen and oxygen atoms in total. The summed E-state index contributed by atoms with van der Waals surface area (Å²) in [6.07, 6.45) is 1.17. The fraction of sp³-hybridized carbons (Fsp3) is 0.533. The van der Waals surface area contributed by atoms with Gasteiger partial charge in [0.15, 0.2) is 0 Å². The van der Waals surface area contributed by atoms with Crippen LogP contribution in [0.3, 0.4) is 0 Å². The zero-order chi connectivity index (χ0) is 28.2. The number of para-hydroxylation sites is 2. The molecule has 2 aliphatic rings. The number of carbonyl (C=O) groups excluding carboxylic acids is 1. The van der Waals surface area contributed by atoms with E-state index in [0.717, 1.165) is 23.3 Å². The van der Waals surface area contributed by atoms with E-state index in [-0.39, 0.29) is 24.3 Å². The molecule has 1 aliphatic heterocycles. The highest BCUT2D eigenvalue weighted by Gasteiger charge is 2.44. The van der Waals surface area contributed by atoms with E-state index in [1.165, 1.54) is 0 Å². The van der Waals surface area contributed by atoms with Gasteiger partial charge in [-0.25, -0.2) is 4.79 Å². The summed E-state index contributed by atoms with van der Waals surface area (Å²) in [6, 6.07) is 13.0. The van der Waals surface area contributed by atoms with E-state index in [9.17, 15) is 19.8 Å². The summed E-state index contributed by atoms with van der Waals surface area (Å²) < 4.78 is 6.44. The fourth-order valence-corrected chi connectivity index (χ4v) is 6.17. The molecule has 6 N–H and O–H groups in total. The number of carboxylic acid groups (broad SMARTS) is 1. The van der Waals surface area contributed by atoms with Crippen molar-refractivity contribution < 1.29 is 29.6 Å². The minimum absolute atomic E-state index is 0.0262. The third kappa shape index (κ3) is 6.54. The van der Waals surface area contributed by atoms with E-state index in [4.69, 9.17) is 15.6 Å². The van der Waals surface area contributed by atoms with Crippen LogP contribution in [-0.4, -0.2) is 64.0 Å². The molecule has 1 aliphatic carbocycles. The number of aliphatic hydroxyl groups is 2. The van der Waals surface area contributed by atoms with Crippen molar-refractivity contribution in [2.24, 2.45) is 17.6 Å². The molecular weight excluding hydrogens is 498 g/mol. The molecule has 2 aromatic rings. The Morgan fingerprint density at radius 2 is 1.85 bits per heavy atom. The van der Waals surface area contributed by atoms with Crippen LogP contribution in [0.2, 0.25) is 0 Å². The third-order valence-electron chi connectivity index (χ3n) is 8.32. The molecule has 1 saturated heterocycles. The molecule has 1 saturated carbocycles. The van der Waals surface area contributed by atoms with E-state index in [2.05, 4.69) is 5.32 Å². The lowest BCUT2D eigenvalue weighted by Gasteiger charge is -2.44. The zero-order valence-electron chi connectivity index (χ0n) is 22.8. The van der Waals surface area contributed by atoms with Gasteiger partial charge >= 0.3 is 6.09 Å². The monoisotopic (exact) mass is 539 g/mol. The van der Waals surface area contributed by atoms with Crippen molar-refractivity contribution in [1.82, 2.24) is 10.2 Å². The highest BCUT2D eigenvalue weighted by molar-refractivity contribution is 5.79. The first kappa shape index (κ1) is 28.9. The first-order valence-corrected chi connectivity index (χ1v) is 13.8.